The summed E-state index contributed by atoms with van der Waals surface area (Å²) in [4.78, 5) is 15.1. The lowest BCUT2D eigenvalue weighted by Gasteiger charge is -2.13. The van der Waals surface area contributed by atoms with E-state index in [0.717, 1.165) is 18.2 Å². The molecule has 0 radical (unpaired) electrons. The number of rotatable bonds is 6. The zero-order valence-corrected chi connectivity index (χ0v) is 13.3. The van der Waals surface area contributed by atoms with Crippen LogP contribution in [0.25, 0.3) is 11.0 Å². The summed E-state index contributed by atoms with van der Waals surface area (Å²) in [6.07, 6.45) is 0.971. The molecule has 1 unspecified atom stereocenters. The Labute approximate surface area is 131 Å². The monoisotopic (exact) mass is 330 g/mol. The fraction of sp³-hybridized carbons (Fsp3) is 0.429. The Morgan fingerprint density at radius 1 is 1.57 bits per heavy atom. The fourth-order valence-electron chi connectivity index (χ4n) is 1.95. The lowest BCUT2D eigenvalue weighted by molar-refractivity contribution is -0.133. The maximum absolute atomic E-state index is 13.7. The van der Waals surface area contributed by atoms with Crippen molar-refractivity contribution in [2.45, 2.75) is 32.0 Å². The fourth-order valence-corrected chi connectivity index (χ4v) is 2.85. The van der Waals surface area contributed by atoms with Gasteiger partial charge in [0.05, 0.1) is 21.8 Å². The smallest absolute Gasteiger partial charge is 0.313 e. The Balaban J connectivity index is 2.48. The summed E-state index contributed by atoms with van der Waals surface area (Å²) >= 11 is 6.92. The summed E-state index contributed by atoms with van der Waals surface area (Å²) in [5.74, 6) is -1.11. The molecule has 0 saturated carbocycles. The van der Waals surface area contributed by atoms with Gasteiger partial charge in [0.2, 0.25) is 0 Å². The van der Waals surface area contributed by atoms with E-state index < -0.39 is 11.8 Å². The van der Waals surface area contributed by atoms with Crippen molar-refractivity contribution in [3.05, 3.63) is 23.0 Å². The van der Waals surface area contributed by atoms with Crippen LogP contribution in [-0.2, 0) is 11.3 Å². The van der Waals surface area contributed by atoms with Gasteiger partial charge in [-0.2, -0.15) is 0 Å². The third-order valence-corrected chi connectivity index (χ3v) is 4.52. The molecule has 1 heterocycles. The molecular formula is C14H16ClFN2O2S. The molecule has 0 fully saturated rings. The molecule has 1 aromatic carbocycles. The first-order valence-electron chi connectivity index (χ1n) is 6.62. The number of imidazole rings is 1. The van der Waals surface area contributed by atoms with Gasteiger partial charge in [0.25, 0.3) is 0 Å². The SMILES string of the molecule is CCC(C)Cn1c(SCC(=O)O)nc2cc(Cl)c(F)cc21. The number of nitrogens with zero attached hydrogens (tertiary/aromatic N) is 2. The quantitative estimate of drug-likeness (QED) is 0.812. The zero-order valence-electron chi connectivity index (χ0n) is 11.8. The number of thioether (sulfide) groups is 1. The van der Waals surface area contributed by atoms with E-state index in [4.69, 9.17) is 16.7 Å². The standard InChI is InChI=1S/C14H16ClFN2O2S/c1-3-8(2)6-18-12-5-10(16)9(15)4-11(12)17-14(18)21-7-13(19)20/h4-5,8H,3,6-7H2,1-2H3,(H,19,20). The highest BCUT2D eigenvalue weighted by atomic mass is 35.5. The maximum Gasteiger partial charge on any atom is 0.313 e. The number of carboxylic acid groups (broad SMARTS) is 1. The van der Waals surface area contributed by atoms with Gasteiger partial charge < -0.3 is 9.67 Å². The van der Waals surface area contributed by atoms with Crippen LogP contribution >= 0.6 is 23.4 Å². The molecular weight excluding hydrogens is 315 g/mol. The molecule has 4 nitrogen and oxygen atoms in total. The Morgan fingerprint density at radius 3 is 2.90 bits per heavy atom. The number of carboxylic acids is 1. The maximum atomic E-state index is 13.7. The molecule has 1 aromatic heterocycles. The van der Waals surface area contributed by atoms with Crippen LogP contribution in [0.5, 0.6) is 0 Å². The lowest BCUT2D eigenvalue weighted by atomic mass is 10.1. The molecule has 0 amide bonds. The Kier molecular flexibility index (Phi) is 5.11. The molecule has 2 aromatic rings. The number of carbonyl (C=O) groups is 1. The minimum Gasteiger partial charge on any atom is -0.481 e. The van der Waals surface area contributed by atoms with Crippen LogP contribution in [0.15, 0.2) is 17.3 Å². The summed E-state index contributed by atoms with van der Waals surface area (Å²) in [5, 5.41) is 9.41. The topological polar surface area (TPSA) is 55.1 Å². The van der Waals surface area contributed by atoms with Gasteiger partial charge in [-0.15, -0.1) is 0 Å². The van der Waals surface area contributed by atoms with Crippen molar-refractivity contribution in [2.75, 3.05) is 5.75 Å². The second kappa shape index (κ2) is 6.66. The average molecular weight is 331 g/mol. The van der Waals surface area contributed by atoms with E-state index >= 15 is 0 Å². The molecule has 0 spiro atoms. The molecule has 0 saturated heterocycles. The summed E-state index contributed by atoms with van der Waals surface area (Å²) < 4.78 is 15.6. The molecule has 21 heavy (non-hydrogen) atoms. The molecule has 0 aliphatic carbocycles. The molecule has 1 atom stereocenters. The van der Waals surface area contributed by atoms with Gasteiger partial charge in [-0.25, -0.2) is 9.37 Å². The molecule has 2 rings (SSSR count). The second-order valence-electron chi connectivity index (χ2n) is 4.96. The van der Waals surface area contributed by atoms with E-state index in [9.17, 15) is 9.18 Å². The van der Waals surface area contributed by atoms with E-state index in [1.165, 1.54) is 12.1 Å². The summed E-state index contributed by atoms with van der Waals surface area (Å²) in [6, 6.07) is 2.84. The number of hydrogen-bond donors (Lipinski definition) is 1. The minimum absolute atomic E-state index is 0.0190. The van der Waals surface area contributed by atoms with E-state index in [1.54, 1.807) is 0 Å². The highest BCUT2D eigenvalue weighted by molar-refractivity contribution is 7.99. The Hall–Kier alpha value is -1.27. The van der Waals surface area contributed by atoms with Crippen molar-refractivity contribution in [2.24, 2.45) is 5.92 Å². The van der Waals surface area contributed by atoms with Crippen molar-refractivity contribution in [3.8, 4) is 0 Å². The van der Waals surface area contributed by atoms with E-state index in [2.05, 4.69) is 18.8 Å². The highest BCUT2D eigenvalue weighted by Crippen LogP contribution is 2.29. The number of hydrogen-bond acceptors (Lipinski definition) is 3. The molecule has 7 heteroatoms. The first-order chi connectivity index (χ1) is 9.92. The van der Waals surface area contributed by atoms with Gasteiger partial charge in [0, 0.05) is 12.6 Å². The second-order valence-corrected chi connectivity index (χ2v) is 6.31. The molecule has 0 bridgehead atoms. The largest absolute Gasteiger partial charge is 0.481 e. The van der Waals surface area contributed by atoms with Gasteiger partial charge in [-0.1, -0.05) is 43.6 Å². The highest BCUT2D eigenvalue weighted by Gasteiger charge is 2.16. The van der Waals surface area contributed by atoms with Crippen molar-refractivity contribution < 1.29 is 14.3 Å². The summed E-state index contributed by atoms with van der Waals surface area (Å²) in [5.41, 5.74) is 1.22. The minimum atomic E-state index is -0.911. The average Bonchev–Trinajstić information content (AvgIpc) is 2.74. The first kappa shape index (κ1) is 16.1. The number of halogens is 2. The summed E-state index contributed by atoms with van der Waals surface area (Å²) in [7, 11) is 0. The van der Waals surface area contributed by atoms with Crippen molar-refractivity contribution in [1.82, 2.24) is 9.55 Å². The third kappa shape index (κ3) is 3.68. The number of fused-ring (bicyclic) bond motifs is 1. The van der Waals surface area contributed by atoms with Gasteiger partial charge >= 0.3 is 5.97 Å². The van der Waals surface area contributed by atoms with Crippen LogP contribution < -0.4 is 0 Å². The molecule has 114 valence electrons. The first-order valence-corrected chi connectivity index (χ1v) is 7.98. The van der Waals surface area contributed by atoms with Gasteiger partial charge in [-0.3, -0.25) is 4.79 Å². The van der Waals surface area contributed by atoms with Gasteiger partial charge in [0.15, 0.2) is 5.16 Å². The summed E-state index contributed by atoms with van der Waals surface area (Å²) in [6.45, 7) is 4.82. The third-order valence-electron chi connectivity index (χ3n) is 3.27. The van der Waals surface area contributed by atoms with Crippen molar-refractivity contribution in [3.63, 3.8) is 0 Å². The molecule has 0 aliphatic heterocycles. The predicted molar refractivity (Wildman–Crippen MR) is 82.5 cm³/mol. The predicted octanol–water partition coefficient (Wildman–Crippen LogP) is 4.05. The van der Waals surface area contributed by atoms with Crippen LogP contribution in [-0.4, -0.2) is 26.4 Å². The van der Waals surface area contributed by atoms with E-state index in [-0.39, 0.29) is 10.8 Å². The number of aromatic nitrogens is 2. The van der Waals surface area contributed by atoms with E-state index in [1.807, 2.05) is 4.57 Å². The van der Waals surface area contributed by atoms with Crippen LogP contribution in [0, 0.1) is 11.7 Å². The Bertz CT molecular complexity index is 675. The van der Waals surface area contributed by atoms with Crippen LogP contribution in [0.1, 0.15) is 20.3 Å². The van der Waals surface area contributed by atoms with Crippen molar-refractivity contribution >= 4 is 40.4 Å². The molecule has 1 N–H and O–H groups in total. The van der Waals surface area contributed by atoms with Gasteiger partial charge in [-0.05, 0) is 12.0 Å². The molecule has 0 aliphatic rings. The van der Waals surface area contributed by atoms with E-state index in [0.29, 0.717) is 28.7 Å². The van der Waals surface area contributed by atoms with Crippen LogP contribution in [0.3, 0.4) is 0 Å². The lowest BCUT2D eigenvalue weighted by Crippen LogP contribution is -2.09. The van der Waals surface area contributed by atoms with Gasteiger partial charge in [0.1, 0.15) is 5.82 Å². The van der Waals surface area contributed by atoms with Crippen molar-refractivity contribution in [1.29, 1.82) is 0 Å². The zero-order chi connectivity index (χ0) is 15.6. The Morgan fingerprint density at radius 2 is 2.29 bits per heavy atom. The van der Waals surface area contributed by atoms with Crippen LogP contribution in [0.4, 0.5) is 4.39 Å². The van der Waals surface area contributed by atoms with Crippen LogP contribution in [0.2, 0.25) is 5.02 Å². The normalized spacial score (nSPS) is 12.8. The number of aliphatic carboxylic acids is 1. The number of benzene rings is 1.